The molecular formula is C15H15FOS. The summed E-state index contributed by atoms with van der Waals surface area (Å²) < 4.78 is 13.5. The van der Waals surface area contributed by atoms with Crippen molar-refractivity contribution >= 4 is 11.8 Å². The van der Waals surface area contributed by atoms with Crippen LogP contribution in [0.3, 0.4) is 0 Å². The van der Waals surface area contributed by atoms with Gasteiger partial charge in [0, 0.05) is 9.79 Å². The van der Waals surface area contributed by atoms with Gasteiger partial charge in [0.05, 0.1) is 6.10 Å². The number of benzene rings is 2. The minimum atomic E-state index is -0.419. The summed E-state index contributed by atoms with van der Waals surface area (Å²) in [4.78, 5) is 1.58. The van der Waals surface area contributed by atoms with E-state index in [1.165, 1.54) is 17.8 Å². The van der Waals surface area contributed by atoms with Gasteiger partial charge in [0.2, 0.25) is 0 Å². The van der Waals surface area contributed by atoms with Crippen LogP contribution in [0, 0.1) is 5.82 Å². The van der Waals surface area contributed by atoms with Crippen LogP contribution in [0.4, 0.5) is 4.39 Å². The molecule has 0 heterocycles. The molecule has 0 aliphatic heterocycles. The van der Waals surface area contributed by atoms with Crippen molar-refractivity contribution in [3.05, 3.63) is 59.9 Å². The standard InChI is InChI=1S/C15H15FOS/c1-2-14(17)11-7-9-12(10-8-11)18-15-6-4-3-5-13(15)16/h3-10,14,17H,2H2,1H3. The van der Waals surface area contributed by atoms with Crippen molar-refractivity contribution in [3.63, 3.8) is 0 Å². The number of hydrogen-bond acceptors (Lipinski definition) is 2. The molecule has 18 heavy (non-hydrogen) atoms. The second-order valence-corrected chi connectivity index (χ2v) is 5.14. The largest absolute Gasteiger partial charge is 0.388 e. The quantitative estimate of drug-likeness (QED) is 0.880. The molecule has 2 aromatic rings. The van der Waals surface area contributed by atoms with E-state index in [2.05, 4.69) is 0 Å². The molecule has 2 aromatic carbocycles. The lowest BCUT2D eigenvalue weighted by Crippen LogP contribution is -1.94. The molecule has 0 radical (unpaired) electrons. The van der Waals surface area contributed by atoms with Gasteiger partial charge in [-0.25, -0.2) is 4.39 Å². The van der Waals surface area contributed by atoms with E-state index in [0.29, 0.717) is 11.3 Å². The van der Waals surface area contributed by atoms with Crippen LogP contribution in [-0.2, 0) is 0 Å². The molecule has 0 aliphatic rings. The lowest BCUT2D eigenvalue weighted by Gasteiger charge is -2.09. The SMILES string of the molecule is CCC(O)c1ccc(Sc2ccccc2F)cc1. The zero-order valence-electron chi connectivity index (χ0n) is 10.1. The Balaban J connectivity index is 2.14. The van der Waals surface area contributed by atoms with Crippen LogP contribution in [0.5, 0.6) is 0 Å². The van der Waals surface area contributed by atoms with Crippen molar-refractivity contribution in [2.75, 3.05) is 0 Å². The van der Waals surface area contributed by atoms with Crippen molar-refractivity contribution in [2.45, 2.75) is 29.2 Å². The summed E-state index contributed by atoms with van der Waals surface area (Å²) in [5.74, 6) is -0.208. The monoisotopic (exact) mass is 262 g/mol. The molecule has 1 unspecified atom stereocenters. The summed E-state index contributed by atoms with van der Waals surface area (Å²) in [6.07, 6.45) is 0.275. The van der Waals surface area contributed by atoms with Crippen LogP contribution in [-0.4, -0.2) is 5.11 Å². The normalized spacial score (nSPS) is 12.4. The van der Waals surface area contributed by atoms with Crippen molar-refractivity contribution in [1.29, 1.82) is 0 Å². The molecule has 1 N–H and O–H groups in total. The molecule has 0 fully saturated rings. The first-order valence-electron chi connectivity index (χ1n) is 5.91. The maximum Gasteiger partial charge on any atom is 0.137 e. The van der Waals surface area contributed by atoms with Gasteiger partial charge in [0.15, 0.2) is 0 Å². The third-order valence-corrected chi connectivity index (χ3v) is 3.77. The highest BCUT2D eigenvalue weighted by Crippen LogP contribution is 2.30. The van der Waals surface area contributed by atoms with Gasteiger partial charge in [-0.05, 0) is 36.2 Å². The summed E-state index contributed by atoms with van der Waals surface area (Å²) >= 11 is 1.39. The summed E-state index contributed by atoms with van der Waals surface area (Å²) in [6, 6.07) is 14.3. The Hall–Kier alpha value is -1.32. The average Bonchev–Trinajstić information content (AvgIpc) is 2.41. The maximum atomic E-state index is 13.5. The van der Waals surface area contributed by atoms with Gasteiger partial charge >= 0.3 is 0 Å². The van der Waals surface area contributed by atoms with Gasteiger partial charge in [-0.1, -0.05) is 43.0 Å². The molecule has 0 saturated heterocycles. The zero-order valence-corrected chi connectivity index (χ0v) is 11.0. The molecule has 0 amide bonds. The van der Waals surface area contributed by atoms with Gasteiger partial charge in [0.1, 0.15) is 5.82 Å². The number of hydrogen-bond donors (Lipinski definition) is 1. The van der Waals surface area contributed by atoms with E-state index in [9.17, 15) is 9.50 Å². The van der Waals surface area contributed by atoms with Gasteiger partial charge in [0.25, 0.3) is 0 Å². The van der Waals surface area contributed by atoms with Crippen molar-refractivity contribution < 1.29 is 9.50 Å². The van der Waals surface area contributed by atoms with Crippen molar-refractivity contribution in [2.24, 2.45) is 0 Å². The second-order valence-electron chi connectivity index (χ2n) is 4.03. The number of rotatable bonds is 4. The smallest absolute Gasteiger partial charge is 0.137 e. The van der Waals surface area contributed by atoms with E-state index in [0.717, 1.165) is 10.5 Å². The highest BCUT2D eigenvalue weighted by Gasteiger charge is 2.06. The summed E-state index contributed by atoms with van der Waals surface area (Å²) in [5.41, 5.74) is 0.899. The van der Waals surface area contributed by atoms with Crippen molar-refractivity contribution in [3.8, 4) is 0 Å². The number of halogens is 1. The summed E-state index contributed by atoms with van der Waals surface area (Å²) in [7, 11) is 0. The highest BCUT2D eigenvalue weighted by atomic mass is 32.2. The fourth-order valence-corrected chi connectivity index (χ4v) is 2.49. The molecule has 0 aliphatic carbocycles. The molecular weight excluding hydrogens is 247 g/mol. The third-order valence-electron chi connectivity index (χ3n) is 2.72. The highest BCUT2D eigenvalue weighted by molar-refractivity contribution is 7.99. The maximum absolute atomic E-state index is 13.5. The first-order chi connectivity index (χ1) is 8.70. The van der Waals surface area contributed by atoms with Crippen LogP contribution in [0.15, 0.2) is 58.3 Å². The lowest BCUT2D eigenvalue weighted by molar-refractivity contribution is 0.173. The molecule has 1 atom stereocenters. The van der Waals surface area contributed by atoms with Gasteiger partial charge in [-0.15, -0.1) is 0 Å². The van der Waals surface area contributed by atoms with Crippen LogP contribution >= 0.6 is 11.8 Å². The molecule has 0 saturated carbocycles. The predicted molar refractivity (Wildman–Crippen MR) is 72.2 cm³/mol. The van der Waals surface area contributed by atoms with Crippen LogP contribution < -0.4 is 0 Å². The summed E-state index contributed by atoms with van der Waals surface area (Å²) in [5, 5.41) is 9.69. The lowest BCUT2D eigenvalue weighted by atomic mass is 10.1. The van der Waals surface area contributed by atoms with Crippen LogP contribution in [0.1, 0.15) is 25.0 Å². The van der Waals surface area contributed by atoms with Gasteiger partial charge < -0.3 is 5.11 Å². The number of aliphatic hydroxyl groups is 1. The molecule has 1 nitrogen and oxygen atoms in total. The number of aliphatic hydroxyl groups excluding tert-OH is 1. The second kappa shape index (κ2) is 6.03. The van der Waals surface area contributed by atoms with E-state index < -0.39 is 6.10 Å². The molecule has 94 valence electrons. The first kappa shape index (κ1) is 13.1. The fourth-order valence-electron chi connectivity index (χ4n) is 1.65. The molecule has 0 spiro atoms. The minimum absolute atomic E-state index is 0.208. The Kier molecular flexibility index (Phi) is 4.39. The predicted octanol–water partition coefficient (Wildman–Crippen LogP) is 4.42. The van der Waals surface area contributed by atoms with E-state index in [1.807, 2.05) is 37.3 Å². The Labute approximate surface area is 111 Å². The van der Waals surface area contributed by atoms with Crippen molar-refractivity contribution in [1.82, 2.24) is 0 Å². The fraction of sp³-hybridized carbons (Fsp3) is 0.200. The van der Waals surface area contributed by atoms with Gasteiger partial charge in [-0.2, -0.15) is 0 Å². The topological polar surface area (TPSA) is 20.2 Å². The Morgan fingerprint density at radius 1 is 1.11 bits per heavy atom. The third kappa shape index (κ3) is 3.12. The molecule has 2 rings (SSSR count). The molecule has 0 bridgehead atoms. The van der Waals surface area contributed by atoms with Gasteiger partial charge in [-0.3, -0.25) is 0 Å². The zero-order chi connectivity index (χ0) is 13.0. The Morgan fingerprint density at radius 3 is 2.39 bits per heavy atom. The van der Waals surface area contributed by atoms with E-state index in [1.54, 1.807) is 12.1 Å². The molecule has 3 heteroatoms. The Morgan fingerprint density at radius 2 is 1.78 bits per heavy atom. The average molecular weight is 262 g/mol. The minimum Gasteiger partial charge on any atom is -0.388 e. The van der Waals surface area contributed by atoms with Crippen LogP contribution in [0.2, 0.25) is 0 Å². The summed E-state index contributed by atoms with van der Waals surface area (Å²) in [6.45, 7) is 1.94. The van der Waals surface area contributed by atoms with E-state index in [4.69, 9.17) is 0 Å². The Bertz CT molecular complexity index is 510. The first-order valence-corrected chi connectivity index (χ1v) is 6.72. The van der Waals surface area contributed by atoms with E-state index in [-0.39, 0.29) is 5.82 Å². The van der Waals surface area contributed by atoms with E-state index >= 15 is 0 Å². The molecule has 0 aromatic heterocycles. The van der Waals surface area contributed by atoms with Crippen LogP contribution in [0.25, 0.3) is 0 Å².